The molecule has 2 fully saturated rings. The smallest absolute Gasteiger partial charge is 0.243 e. The van der Waals surface area contributed by atoms with Crippen LogP contribution in [0, 0.1) is 13.8 Å². The molecule has 1 atom stereocenters. The van der Waals surface area contributed by atoms with E-state index in [-0.39, 0.29) is 36.7 Å². The molecule has 5 rings (SSSR count). The minimum absolute atomic E-state index is 0.0749. The molecule has 8 nitrogen and oxygen atoms in total. The molecule has 8 heteroatoms. The quantitative estimate of drug-likeness (QED) is 0.447. The van der Waals surface area contributed by atoms with E-state index >= 15 is 0 Å². The average Bonchev–Trinajstić information content (AvgIpc) is 2.98. The molecule has 0 saturated carbocycles. The molecule has 0 unspecified atom stereocenters. The minimum Gasteiger partial charge on any atom is -0.353 e. The molecule has 0 aliphatic carbocycles. The number of amides is 3. The van der Waals surface area contributed by atoms with Crippen LogP contribution in [0.4, 0.5) is 5.69 Å². The Hall–Kier alpha value is -4.01. The average molecular weight is 554 g/mol. The van der Waals surface area contributed by atoms with E-state index in [9.17, 15) is 14.4 Å². The molecule has 0 aromatic heterocycles. The molecule has 2 saturated heterocycles. The van der Waals surface area contributed by atoms with Gasteiger partial charge in [-0.2, -0.15) is 0 Å². The number of rotatable bonds is 8. The largest absolute Gasteiger partial charge is 0.353 e. The van der Waals surface area contributed by atoms with Crippen molar-refractivity contribution in [1.29, 1.82) is 0 Å². The van der Waals surface area contributed by atoms with Crippen molar-refractivity contribution in [2.24, 2.45) is 0 Å². The zero-order valence-corrected chi connectivity index (χ0v) is 23.9. The van der Waals surface area contributed by atoms with Gasteiger partial charge in [0.15, 0.2) is 0 Å². The van der Waals surface area contributed by atoms with E-state index < -0.39 is 6.04 Å². The SMILES string of the molecule is Cc1ccc(NC(=O)C[C@@H]2C(=O)NCCN2C(=O)CN2CCN(C(c3ccccc3)c3ccccc3)CC2)c(C)c1. The number of nitrogens with zero attached hydrogens (tertiary/aromatic N) is 3. The van der Waals surface area contributed by atoms with Gasteiger partial charge < -0.3 is 15.5 Å². The summed E-state index contributed by atoms with van der Waals surface area (Å²) in [7, 11) is 0. The van der Waals surface area contributed by atoms with Crippen molar-refractivity contribution in [2.75, 3.05) is 51.1 Å². The van der Waals surface area contributed by atoms with E-state index in [1.165, 1.54) is 11.1 Å². The number of anilines is 1. The monoisotopic (exact) mass is 553 g/mol. The van der Waals surface area contributed by atoms with Crippen molar-refractivity contribution in [2.45, 2.75) is 32.4 Å². The number of aryl methyl sites for hydroxylation is 2. The number of hydrogen-bond donors (Lipinski definition) is 2. The maximum Gasteiger partial charge on any atom is 0.243 e. The third-order valence-corrected chi connectivity index (χ3v) is 8.05. The van der Waals surface area contributed by atoms with Crippen molar-refractivity contribution in [3.05, 3.63) is 101 Å². The van der Waals surface area contributed by atoms with Crippen molar-refractivity contribution in [1.82, 2.24) is 20.0 Å². The molecule has 214 valence electrons. The Balaban J connectivity index is 1.20. The molecule has 3 amide bonds. The number of benzene rings is 3. The van der Waals surface area contributed by atoms with Gasteiger partial charge in [-0.15, -0.1) is 0 Å². The molecule has 3 aromatic carbocycles. The molecule has 0 spiro atoms. The highest BCUT2D eigenvalue weighted by atomic mass is 16.2. The number of hydrogen-bond acceptors (Lipinski definition) is 5. The summed E-state index contributed by atoms with van der Waals surface area (Å²) in [5.74, 6) is -0.669. The van der Waals surface area contributed by atoms with Crippen LogP contribution in [0.1, 0.15) is 34.7 Å². The fourth-order valence-corrected chi connectivity index (χ4v) is 5.89. The van der Waals surface area contributed by atoms with Crippen molar-refractivity contribution >= 4 is 23.4 Å². The molecule has 2 heterocycles. The van der Waals surface area contributed by atoms with E-state index in [2.05, 4.69) is 69.0 Å². The molecule has 2 N–H and O–H groups in total. The Morgan fingerprint density at radius 2 is 1.51 bits per heavy atom. The lowest BCUT2D eigenvalue weighted by Gasteiger charge is -2.41. The second-order valence-corrected chi connectivity index (χ2v) is 11.0. The van der Waals surface area contributed by atoms with E-state index in [0.717, 1.165) is 43.0 Å². The first kappa shape index (κ1) is 28.5. The van der Waals surface area contributed by atoms with E-state index in [4.69, 9.17) is 0 Å². The van der Waals surface area contributed by atoms with Gasteiger partial charge in [0.25, 0.3) is 0 Å². The van der Waals surface area contributed by atoms with Crippen LogP contribution in [0.15, 0.2) is 78.9 Å². The van der Waals surface area contributed by atoms with Crippen molar-refractivity contribution in [3.8, 4) is 0 Å². The van der Waals surface area contributed by atoms with Crippen LogP contribution in [0.3, 0.4) is 0 Å². The highest BCUT2D eigenvalue weighted by Gasteiger charge is 2.36. The van der Waals surface area contributed by atoms with Gasteiger partial charge in [-0.05, 0) is 36.6 Å². The summed E-state index contributed by atoms with van der Waals surface area (Å²) in [5.41, 5.74) is 5.30. The van der Waals surface area contributed by atoms with Gasteiger partial charge in [0.05, 0.1) is 19.0 Å². The Morgan fingerprint density at radius 1 is 0.878 bits per heavy atom. The Labute approximate surface area is 242 Å². The zero-order valence-electron chi connectivity index (χ0n) is 23.9. The van der Waals surface area contributed by atoms with E-state index in [0.29, 0.717) is 13.1 Å². The van der Waals surface area contributed by atoms with Crippen molar-refractivity contribution in [3.63, 3.8) is 0 Å². The van der Waals surface area contributed by atoms with Crippen LogP contribution in [-0.4, -0.2) is 84.3 Å². The van der Waals surface area contributed by atoms with Crippen molar-refractivity contribution < 1.29 is 14.4 Å². The van der Waals surface area contributed by atoms with Crippen LogP contribution in [-0.2, 0) is 14.4 Å². The topological polar surface area (TPSA) is 85.0 Å². The lowest BCUT2D eigenvalue weighted by Crippen LogP contribution is -2.60. The highest BCUT2D eigenvalue weighted by Crippen LogP contribution is 2.29. The first-order valence-electron chi connectivity index (χ1n) is 14.4. The second-order valence-electron chi connectivity index (χ2n) is 11.0. The fraction of sp³-hybridized carbons (Fsp3) is 0.364. The van der Waals surface area contributed by atoms with Gasteiger partial charge in [0.2, 0.25) is 17.7 Å². The molecule has 2 aliphatic rings. The Bertz CT molecular complexity index is 1320. The minimum atomic E-state index is -0.816. The van der Waals surface area contributed by atoms with Gasteiger partial charge in [0, 0.05) is 45.0 Å². The predicted octanol–water partition coefficient (Wildman–Crippen LogP) is 3.37. The van der Waals surface area contributed by atoms with E-state index in [1.807, 2.05) is 44.2 Å². The van der Waals surface area contributed by atoms with Crippen LogP contribution >= 0.6 is 0 Å². The molecule has 3 aromatic rings. The van der Waals surface area contributed by atoms with Crippen LogP contribution < -0.4 is 10.6 Å². The highest BCUT2D eigenvalue weighted by molar-refractivity contribution is 5.98. The molecular weight excluding hydrogens is 514 g/mol. The number of piperazine rings is 2. The number of carbonyl (C=O) groups excluding carboxylic acids is 3. The summed E-state index contributed by atoms with van der Waals surface area (Å²) in [6, 6.07) is 26.2. The van der Waals surface area contributed by atoms with Gasteiger partial charge >= 0.3 is 0 Å². The maximum atomic E-state index is 13.5. The summed E-state index contributed by atoms with van der Waals surface area (Å²) in [4.78, 5) is 45.4. The van der Waals surface area contributed by atoms with Gasteiger partial charge in [-0.1, -0.05) is 78.4 Å². The third kappa shape index (κ3) is 7.01. The predicted molar refractivity (Wildman–Crippen MR) is 160 cm³/mol. The summed E-state index contributed by atoms with van der Waals surface area (Å²) < 4.78 is 0. The molecular formula is C33H39N5O3. The van der Waals surface area contributed by atoms with Crippen LogP contribution in [0.2, 0.25) is 0 Å². The molecule has 0 bridgehead atoms. The third-order valence-electron chi connectivity index (χ3n) is 8.05. The van der Waals surface area contributed by atoms with E-state index in [1.54, 1.807) is 4.90 Å². The van der Waals surface area contributed by atoms with Gasteiger partial charge in [0.1, 0.15) is 6.04 Å². The first-order valence-corrected chi connectivity index (χ1v) is 14.4. The van der Waals surface area contributed by atoms with Gasteiger partial charge in [-0.3, -0.25) is 24.2 Å². The van der Waals surface area contributed by atoms with Crippen LogP contribution in [0.25, 0.3) is 0 Å². The standard InChI is InChI=1S/C33H39N5O3/c1-24-13-14-28(25(2)21-24)35-30(39)22-29-33(41)34-15-16-38(29)31(40)23-36-17-19-37(20-18-36)32(26-9-5-3-6-10-26)27-11-7-4-8-12-27/h3-14,21,29,32H,15-20,22-23H2,1-2H3,(H,34,41)(H,35,39)/t29-/m1/s1. The lowest BCUT2D eigenvalue weighted by atomic mass is 9.96. The lowest BCUT2D eigenvalue weighted by molar-refractivity contribution is -0.145. The number of nitrogens with one attached hydrogen (secondary N) is 2. The second kappa shape index (κ2) is 13.1. The van der Waals surface area contributed by atoms with Crippen LogP contribution in [0.5, 0.6) is 0 Å². The molecule has 41 heavy (non-hydrogen) atoms. The maximum absolute atomic E-state index is 13.5. The summed E-state index contributed by atoms with van der Waals surface area (Å²) in [5, 5.41) is 5.74. The molecule has 0 radical (unpaired) electrons. The van der Waals surface area contributed by atoms with Gasteiger partial charge in [-0.25, -0.2) is 0 Å². The normalized spacial score (nSPS) is 18.3. The zero-order chi connectivity index (χ0) is 28.8. The summed E-state index contributed by atoms with van der Waals surface area (Å²) >= 11 is 0. The Kier molecular flexibility index (Phi) is 9.11. The summed E-state index contributed by atoms with van der Waals surface area (Å²) in [6.07, 6.45) is -0.0749. The fourth-order valence-electron chi connectivity index (χ4n) is 5.89. The Morgan fingerprint density at radius 3 is 2.12 bits per heavy atom. The molecule has 2 aliphatic heterocycles. The first-order chi connectivity index (χ1) is 19.9. The summed E-state index contributed by atoms with van der Waals surface area (Å²) in [6.45, 7) is 8.11. The number of carbonyl (C=O) groups is 3.